The van der Waals surface area contributed by atoms with Crippen LogP contribution in [0, 0.1) is 9.39 Å². The van der Waals surface area contributed by atoms with Crippen molar-refractivity contribution in [2.24, 2.45) is 0 Å². The van der Waals surface area contributed by atoms with Gasteiger partial charge in [-0.3, -0.25) is 4.79 Å². The fourth-order valence-electron chi connectivity index (χ4n) is 1.17. The third-order valence-electron chi connectivity index (χ3n) is 1.88. The maximum atomic E-state index is 12.9. The highest BCUT2D eigenvalue weighted by Crippen LogP contribution is 2.17. The predicted molar refractivity (Wildman–Crippen MR) is 67.3 cm³/mol. The van der Waals surface area contributed by atoms with E-state index in [0.29, 0.717) is 15.1 Å². The number of benzene rings is 1. The van der Waals surface area contributed by atoms with E-state index in [1.165, 1.54) is 18.5 Å². The second-order valence-corrected chi connectivity index (χ2v) is 4.11. The van der Waals surface area contributed by atoms with Crippen LogP contribution in [0.15, 0.2) is 35.4 Å². The lowest BCUT2D eigenvalue weighted by molar-refractivity contribution is 0.628. The SMILES string of the molecule is O=c1[nH]cnc(Nc2cccc(F)c2)c1I. The molecular weight excluding hydrogens is 324 g/mol. The van der Waals surface area contributed by atoms with Crippen molar-refractivity contribution in [2.75, 3.05) is 5.32 Å². The summed E-state index contributed by atoms with van der Waals surface area (Å²) in [7, 11) is 0. The van der Waals surface area contributed by atoms with Crippen molar-refractivity contribution in [2.45, 2.75) is 0 Å². The summed E-state index contributed by atoms with van der Waals surface area (Å²) in [4.78, 5) is 17.7. The molecule has 0 bridgehead atoms. The second kappa shape index (κ2) is 4.60. The van der Waals surface area contributed by atoms with Gasteiger partial charge >= 0.3 is 0 Å². The molecule has 0 amide bonds. The average molecular weight is 331 g/mol. The Morgan fingerprint density at radius 2 is 2.25 bits per heavy atom. The Balaban J connectivity index is 2.34. The van der Waals surface area contributed by atoms with Gasteiger partial charge in [0, 0.05) is 5.69 Å². The molecule has 0 fully saturated rings. The topological polar surface area (TPSA) is 57.8 Å². The van der Waals surface area contributed by atoms with Gasteiger partial charge in [0.15, 0.2) is 5.82 Å². The minimum Gasteiger partial charge on any atom is -0.339 e. The Bertz CT molecular complexity index is 570. The smallest absolute Gasteiger partial charge is 0.266 e. The number of aromatic amines is 1. The highest BCUT2D eigenvalue weighted by atomic mass is 127. The maximum Gasteiger partial charge on any atom is 0.266 e. The minimum absolute atomic E-state index is 0.227. The summed E-state index contributed by atoms with van der Waals surface area (Å²) >= 11 is 1.88. The number of nitrogens with zero attached hydrogens (tertiary/aromatic N) is 1. The van der Waals surface area contributed by atoms with Gasteiger partial charge in [-0.25, -0.2) is 9.37 Å². The van der Waals surface area contributed by atoms with E-state index in [4.69, 9.17) is 0 Å². The van der Waals surface area contributed by atoms with E-state index in [1.54, 1.807) is 12.1 Å². The molecule has 16 heavy (non-hydrogen) atoms. The quantitative estimate of drug-likeness (QED) is 0.830. The van der Waals surface area contributed by atoms with Gasteiger partial charge in [-0.15, -0.1) is 0 Å². The van der Waals surface area contributed by atoms with Gasteiger partial charge < -0.3 is 10.3 Å². The first-order chi connectivity index (χ1) is 7.66. The number of nitrogens with one attached hydrogen (secondary N) is 2. The molecule has 1 aromatic carbocycles. The van der Waals surface area contributed by atoms with E-state index in [-0.39, 0.29) is 11.4 Å². The molecule has 1 heterocycles. The van der Waals surface area contributed by atoms with E-state index >= 15 is 0 Å². The molecule has 82 valence electrons. The lowest BCUT2D eigenvalue weighted by Gasteiger charge is -2.06. The molecule has 1 aromatic heterocycles. The lowest BCUT2D eigenvalue weighted by atomic mass is 10.3. The van der Waals surface area contributed by atoms with Crippen LogP contribution >= 0.6 is 22.6 Å². The Morgan fingerprint density at radius 3 is 3.00 bits per heavy atom. The van der Waals surface area contributed by atoms with Crippen LogP contribution in [-0.4, -0.2) is 9.97 Å². The van der Waals surface area contributed by atoms with Gasteiger partial charge in [0.25, 0.3) is 5.56 Å². The second-order valence-electron chi connectivity index (χ2n) is 3.03. The summed E-state index contributed by atoms with van der Waals surface area (Å²) in [5, 5.41) is 2.88. The number of halogens is 2. The van der Waals surface area contributed by atoms with Crippen LogP contribution in [0.2, 0.25) is 0 Å². The van der Waals surface area contributed by atoms with Gasteiger partial charge in [0.1, 0.15) is 9.39 Å². The van der Waals surface area contributed by atoms with E-state index in [2.05, 4.69) is 15.3 Å². The molecule has 2 aromatic rings. The van der Waals surface area contributed by atoms with Crippen molar-refractivity contribution >= 4 is 34.1 Å². The molecule has 0 aliphatic carbocycles. The summed E-state index contributed by atoms with van der Waals surface area (Å²) in [6.45, 7) is 0. The van der Waals surface area contributed by atoms with Crippen LogP contribution in [0.1, 0.15) is 0 Å². The van der Waals surface area contributed by atoms with Crippen molar-refractivity contribution in [1.29, 1.82) is 0 Å². The van der Waals surface area contributed by atoms with Crippen LogP contribution in [-0.2, 0) is 0 Å². The molecule has 2 rings (SSSR count). The molecule has 0 unspecified atom stereocenters. The Labute approximate surface area is 104 Å². The fraction of sp³-hybridized carbons (Fsp3) is 0. The van der Waals surface area contributed by atoms with E-state index in [1.807, 2.05) is 22.6 Å². The summed E-state index contributed by atoms with van der Waals surface area (Å²) in [6, 6.07) is 5.96. The molecule has 4 nitrogen and oxygen atoms in total. The van der Waals surface area contributed by atoms with E-state index < -0.39 is 0 Å². The average Bonchev–Trinajstić information content (AvgIpc) is 2.25. The molecule has 0 aliphatic rings. The minimum atomic E-state index is -0.343. The highest BCUT2D eigenvalue weighted by molar-refractivity contribution is 14.1. The van der Waals surface area contributed by atoms with Crippen LogP contribution < -0.4 is 10.9 Å². The van der Waals surface area contributed by atoms with Gasteiger partial charge in [-0.1, -0.05) is 6.07 Å². The van der Waals surface area contributed by atoms with Crippen LogP contribution in [0.3, 0.4) is 0 Å². The van der Waals surface area contributed by atoms with Crippen molar-refractivity contribution in [1.82, 2.24) is 9.97 Å². The third-order valence-corrected chi connectivity index (χ3v) is 2.88. The normalized spacial score (nSPS) is 10.1. The first-order valence-corrected chi connectivity index (χ1v) is 5.50. The van der Waals surface area contributed by atoms with Crippen molar-refractivity contribution in [3.05, 3.63) is 50.3 Å². The van der Waals surface area contributed by atoms with Gasteiger partial charge in [-0.05, 0) is 40.8 Å². The predicted octanol–water partition coefficient (Wildman–Crippen LogP) is 2.26. The number of H-pyrrole nitrogens is 1. The molecule has 0 saturated carbocycles. The standard InChI is InChI=1S/C10H7FIN3O/c11-6-2-1-3-7(4-6)15-9-8(12)10(16)14-5-13-9/h1-5H,(H2,13,14,15,16). The molecule has 6 heteroatoms. The summed E-state index contributed by atoms with van der Waals surface area (Å²) < 4.78 is 13.4. The monoisotopic (exact) mass is 331 g/mol. The fourth-order valence-corrected chi connectivity index (χ4v) is 1.60. The zero-order valence-electron chi connectivity index (χ0n) is 8.00. The summed E-state index contributed by atoms with van der Waals surface area (Å²) in [5.41, 5.74) is 0.325. The lowest BCUT2D eigenvalue weighted by Crippen LogP contribution is -2.12. The van der Waals surface area contributed by atoms with Crippen molar-refractivity contribution in [3.8, 4) is 0 Å². The zero-order valence-corrected chi connectivity index (χ0v) is 10.2. The van der Waals surface area contributed by atoms with Gasteiger partial charge in [0.05, 0.1) is 6.33 Å². The van der Waals surface area contributed by atoms with Crippen LogP contribution in [0.5, 0.6) is 0 Å². The number of anilines is 2. The Kier molecular flexibility index (Phi) is 3.18. The number of rotatable bonds is 2. The molecule has 0 aliphatic heterocycles. The number of hydrogen-bond acceptors (Lipinski definition) is 3. The van der Waals surface area contributed by atoms with Crippen molar-refractivity contribution < 1.29 is 4.39 Å². The third kappa shape index (κ3) is 2.38. The number of hydrogen-bond donors (Lipinski definition) is 2. The first-order valence-electron chi connectivity index (χ1n) is 4.42. The Hall–Kier alpha value is -1.44. The maximum absolute atomic E-state index is 12.9. The van der Waals surface area contributed by atoms with Crippen LogP contribution in [0.4, 0.5) is 15.9 Å². The van der Waals surface area contributed by atoms with E-state index in [9.17, 15) is 9.18 Å². The molecule has 0 saturated heterocycles. The summed E-state index contributed by atoms with van der Waals surface area (Å²) in [5.74, 6) is 0.0693. The van der Waals surface area contributed by atoms with Crippen LogP contribution in [0.25, 0.3) is 0 Å². The largest absolute Gasteiger partial charge is 0.339 e. The number of aromatic nitrogens is 2. The molecular formula is C10H7FIN3O. The molecule has 0 spiro atoms. The Morgan fingerprint density at radius 1 is 1.44 bits per heavy atom. The molecule has 0 radical (unpaired) electrons. The van der Waals surface area contributed by atoms with E-state index in [0.717, 1.165) is 0 Å². The zero-order chi connectivity index (χ0) is 11.5. The highest BCUT2D eigenvalue weighted by Gasteiger charge is 2.05. The molecule has 2 N–H and O–H groups in total. The first kappa shape index (κ1) is 11.1. The van der Waals surface area contributed by atoms with Gasteiger partial charge in [0.2, 0.25) is 0 Å². The van der Waals surface area contributed by atoms with Crippen molar-refractivity contribution in [3.63, 3.8) is 0 Å². The van der Waals surface area contributed by atoms with Gasteiger partial charge in [-0.2, -0.15) is 0 Å². The molecule has 0 atom stereocenters. The summed E-state index contributed by atoms with van der Waals surface area (Å²) in [6.07, 6.45) is 1.30.